The van der Waals surface area contributed by atoms with Crippen molar-refractivity contribution in [1.29, 1.82) is 0 Å². The fraction of sp³-hybridized carbons (Fsp3) is 0.0833. The smallest absolute Gasteiger partial charge is 0.166 e. The standard InChI is InChI=1S/C14H11F3.C10H8/c15-14(16,17)13-8-6-12(7-9-13)10-11-4-2-1-3-5-11;1-2-6-10-8-4-3-7-9(10)5-1/h1-9H,10H2;1-8H. The van der Waals surface area contributed by atoms with E-state index in [1.807, 2.05) is 30.3 Å². The lowest BCUT2D eigenvalue weighted by molar-refractivity contribution is -0.137. The first-order chi connectivity index (χ1) is 13.0. The molecule has 4 aromatic rings. The Balaban J connectivity index is 0.000000177. The van der Waals surface area contributed by atoms with Gasteiger partial charge in [-0.1, -0.05) is 91.0 Å². The highest BCUT2D eigenvalue weighted by molar-refractivity contribution is 5.82. The number of fused-ring (bicyclic) bond motifs is 1. The summed E-state index contributed by atoms with van der Waals surface area (Å²) in [5.41, 5.74) is 1.37. The van der Waals surface area contributed by atoms with Gasteiger partial charge in [-0.2, -0.15) is 13.2 Å². The van der Waals surface area contributed by atoms with Crippen LogP contribution in [0.2, 0.25) is 0 Å². The van der Waals surface area contributed by atoms with Crippen molar-refractivity contribution >= 4 is 10.8 Å². The van der Waals surface area contributed by atoms with Crippen LogP contribution >= 0.6 is 0 Å². The summed E-state index contributed by atoms with van der Waals surface area (Å²) in [4.78, 5) is 0. The zero-order valence-electron chi connectivity index (χ0n) is 14.7. The Bertz CT molecular complexity index is 906. The summed E-state index contributed by atoms with van der Waals surface area (Å²) in [5.74, 6) is 0. The molecule has 0 amide bonds. The second kappa shape index (κ2) is 8.54. The van der Waals surface area contributed by atoms with Gasteiger partial charge in [0.2, 0.25) is 0 Å². The molecule has 27 heavy (non-hydrogen) atoms. The largest absolute Gasteiger partial charge is 0.416 e. The molecule has 0 atom stereocenters. The van der Waals surface area contributed by atoms with Crippen molar-refractivity contribution in [2.24, 2.45) is 0 Å². The van der Waals surface area contributed by atoms with E-state index in [1.54, 1.807) is 0 Å². The summed E-state index contributed by atoms with van der Waals surface area (Å²) in [6, 6.07) is 31.7. The van der Waals surface area contributed by atoms with Gasteiger partial charge in [-0.05, 0) is 40.5 Å². The first-order valence-electron chi connectivity index (χ1n) is 8.66. The second-order valence-electron chi connectivity index (χ2n) is 6.20. The predicted molar refractivity (Wildman–Crippen MR) is 105 cm³/mol. The Kier molecular flexibility index (Phi) is 5.92. The van der Waals surface area contributed by atoms with Crippen molar-refractivity contribution in [3.8, 4) is 0 Å². The third-order valence-electron chi connectivity index (χ3n) is 4.19. The number of rotatable bonds is 2. The molecule has 0 N–H and O–H groups in total. The molecule has 0 spiro atoms. The zero-order valence-corrected chi connectivity index (χ0v) is 14.7. The van der Waals surface area contributed by atoms with E-state index >= 15 is 0 Å². The fourth-order valence-electron chi connectivity index (χ4n) is 2.78. The normalized spacial score (nSPS) is 10.9. The third-order valence-corrected chi connectivity index (χ3v) is 4.19. The molecule has 0 aliphatic heterocycles. The van der Waals surface area contributed by atoms with E-state index in [-0.39, 0.29) is 0 Å². The summed E-state index contributed by atoms with van der Waals surface area (Å²) in [6.45, 7) is 0. The Hall–Kier alpha value is -3.07. The topological polar surface area (TPSA) is 0 Å². The molecular formula is C24H19F3. The number of hydrogen-bond acceptors (Lipinski definition) is 0. The molecule has 0 saturated carbocycles. The van der Waals surface area contributed by atoms with Gasteiger partial charge < -0.3 is 0 Å². The monoisotopic (exact) mass is 364 g/mol. The van der Waals surface area contributed by atoms with Gasteiger partial charge in [-0.15, -0.1) is 0 Å². The molecular weight excluding hydrogens is 345 g/mol. The Morgan fingerprint density at radius 1 is 0.481 bits per heavy atom. The fourth-order valence-corrected chi connectivity index (χ4v) is 2.78. The van der Waals surface area contributed by atoms with Crippen LogP contribution in [0.25, 0.3) is 10.8 Å². The maximum atomic E-state index is 12.3. The second-order valence-corrected chi connectivity index (χ2v) is 6.20. The van der Waals surface area contributed by atoms with Gasteiger partial charge in [-0.3, -0.25) is 0 Å². The van der Waals surface area contributed by atoms with E-state index < -0.39 is 11.7 Å². The first-order valence-corrected chi connectivity index (χ1v) is 8.66. The van der Waals surface area contributed by atoms with Crippen LogP contribution in [0, 0.1) is 0 Å². The van der Waals surface area contributed by atoms with Crippen LogP contribution < -0.4 is 0 Å². The highest BCUT2D eigenvalue weighted by Gasteiger charge is 2.29. The van der Waals surface area contributed by atoms with Crippen LogP contribution in [-0.4, -0.2) is 0 Å². The maximum Gasteiger partial charge on any atom is 0.416 e. The van der Waals surface area contributed by atoms with Gasteiger partial charge in [0.15, 0.2) is 0 Å². The average molecular weight is 364 g/mol. The van der Waals surface area contributed by atoms with E-state index in [2.05, 4.69) is 48.5 Å². The molecule has 0 aromatic heterocycles. The molecule has 0 nitrogen and oxygen atoms in total. The van der Waals surface area contributed by atoms with Gasteiger partial charge in [0, 0.05) is 0 Å². The molecule has 4 aromatic carbocycles. The van der Waals surface area contributed by atoms with Crippen LogP contribution in [0.3, 0.4) is 0 Å². The van der Waals surface area contributed by atoms with Gasteiger partial charge in [0.1, 0.15) is 0 Å². The number of alkyl halides is 3. The van der Waals surface area contributed by atoms with E-state index in [0.717, 1.165) is 23.3 Å². The molecule has 4 rings (SSSR count). The van der Waals surface area contributed by atoms with Crippen molar-refractivity contribution in [2.75, 3.05) is 0 Å². The molecule has 0 fully saturated rings. The quantitative estimate of drug-likeness (QED) is 0.355. The minimum Gasteiger partial charge on any atom is -0.166 e. The third kappa shape index (κ3) is 5.45. The first kappa shape index (κ1) is 18.7. The van der Waals surface area contributed by atoms with Crippen molar-refractivity contribution < 1.29 is 13.2 Å². The van der Waals surface area contributed by atoms with Crippen LogP contribution in [0.15, 0.2) is 103 Å². The average Bonchev–Trinajstić information content (AvgIpc) is 2.69. The van der Waals surface area contributed by atoms with Crippen molar-refractivity contribution in [3.05, 3.63) is 120 Å². The Morgan fingerprint density at radius 2 is 0.889 bits per heavy atom. The van der Waals surface area contributed by atoms with E-state index in [9.17, 15) is 13.2 Å². The minimum absolute atomic E-state index is 0.602. The summed E-state index contributed by atoms with van der Waals surface area (Å²) in [7, 11) is 0. The zero-order chi connectivity index (χ0) is 19.1. The van der Waals surface area contributed by atoms with Crippen LogP contribution in [0.4, 0.5) is 13.2 Å². The highest BCUT2D eigenvalue weighted by atomic mass is 19.4. The van der Waals surface area contributed by atoms with Gasteiger partial charge in [0.05, 0.1) is 5.56 Å². The molecule has 136 valence electrons. The summed E-state index contributed by atoms with van der Waals surface area (Å²) in [5, 5.41) is 2.62. The summed E-state index contributed by atoms with van der Waals surface area (Å²) < 4.78 is 37.0. The summed E-state index contributed by atoms with van der Waals surface area (Å²) in [6.07, 6.45) is -3.61. The molecule has 0 bridgehead atoms. The van der Waals surface area contributed by atoms with E-state index in [4.69, 9.17) is 0 Å². The Labute approximate surface area is 156 Å². The van der Waals surface area contributed by atoms with Gasteiger partial charge >= 0.3 is 6.18 Å². The molecule has 0 aliphatic rings. The number of benzene rings is 4. The maximum absolute atomic E-state index is 12.3. The lowest BCUT2D eigenvalue weighted by Gasteiger charge is -2.07. The van der Waals surface area contributed by atoms with Crippen molar-refractivity contribution in [1.82, 2.24) is 0 Å². The molecule has 0 saturated heterocycles. The number of hydrogen-bond donors (Lipinski definition) is 0. The van der Waals surface area contributed by atoms with Crippen molar-refractivity contribution in [2.45, 2.75) is 12.6 Å². The van der Waals surface area contributed by atoms with Crippen LogP contribution in [-0.2, 0) is 12.6 Å². The molecule has 0 unspecified atom stereocenters. The Morgan fingerprint density at radius 3 is 1.33 bits per heavy atom. The number of halogens is 3. The highest BCUT2D eigenvalue weighted by Crippen LogP contribution is 2.29. The predicted octanol–water partition coefficient (Wildman–Crippen LogP) is 7.14. The molecule has 3 heteroatoms. The minimum atomic E-state index is -4.26. The lowest BCUT2D eigenvalue weighted by Crippen LogP contribution is -2.04. The summed E-state index contributed by atoms with van der Waals surface area (Å²) >= 11 is 0. The van der Waals surface area contributed by atoms with E-state index in [1.165, 1.54) is 22.9 Å². The van der Waals surface area contributed by atoms with E-state index in [0.29, 0.717) is 6.42 Å². The van der Waals surface area contributed by atoms with Gasteiger partial charge in [0.25, 0.3) is 0 Å². The van der Waals surface area contributed by atoms with Crippen LogP contribution in [0.5, 0.6) is 0 Å². The van der Waals surface area contributed by atoms with Crippen LogP contribution in [0.1, 0.15) is 16.7 Å². The van der Waals surface area contributed by atoms with Crippen molar-refractivity contribution in [3.63, 3.8) is 0 Å². The molecule has 0 radical (unpaired) electrons. The lowest BCUT2D eigenvalue weighted by atomic mass is 10.0. The molecule has 0 aliphatic carbocycles. The van der Waals surface area contributed by atoms with Gasteiger partial charge in [-0.25, -0.2) is 0 Å². The SMILES string of the molecule is FC(F)(F)c1ccc(Cc2ccccc2)cc1.c1ccc2ccccc2c1. The molecule has 0 heterocycles.